The van der Waals surface area contributed by atoms with Crippen molar-refractivity contribution in [3.63, 3.8) is 0 Å². The average Bonchev–Trinajstić information content (AvgIpc) is 3.02. The third kappa shape index (κ3) is 5.37. The molecule has 3 rings (SSSR count). The highest BCUT2D eigenvalue weighted by atomic mass is 32.2. The summed E-state index contributed by atoms with van der Waals surface area (Å²) >= 11 is 1.31. The van der Waals surface area contributed by atoms with E-state index >= 15 is 0 Å². The molecule has 0 unspecified atom stereocenters. The van der Waals surface area contributed by atoms with Crippen molar-refractivity contribution in [2.75, 3.05) is 0 Å². The lowest BCUT2D eigenvalue weighted by molar-refractivity contribution is 0.0955. The van der Waals surface area contributed by atoms with Crippen LogP contribution >= 0.6 is 11.3 Å². The molecule has 0 bridgehead atoms. The van der Waals surface area contributed by atoms with Crippen LogP contribution in [0.5, 0.6) is 0 Å². The van der Waals surface area contributed by atoms with Gasteiger partial charge in [-0.05, 0) is 54.6 Å². The average molecular weight is 421 g/mol. The molecule has 0 saturated heterocycles. The highest BCUT2D eigenvalue weighted by Gasteiger charge is 2.13. The van der Waals surface area contributed by atoms with E-state index in [1.54, 1.807) is 50.2 Å². The maximum absolute atomic E-state index is 13.3. The van der Waals surface area contributed by atoms with Gasteiger partial charge in [-0.2, -0.15) is 0 Å². The zero-order valence-corrected chi connectivity index (χ0v) is 17.2. The molecule has 0 spiro atoms. The summed E-state index contributed by atoms with van der Waals surface area (Å²) in [5.41, 5.74) is 1.54. The zero-order chi connectivity index (χ0) is 20.3. The zero-order valence-electron chi connectivity index (χ0n) is 15.5. The number of carbonyl (C=O) groups is 1. The Kier molecular flexibility index (Phi) is 6.12. The number of halogens is 1. The third-order valence-electron chi connectivity index (χ3n) is 3.95. The minimum atomic E-state index is -3.37. The summed E-state index contributed by atoms with van der Waals surface area (Å²) < 4.78 is 40.6. The van der Waals surface area contributed by atoms with Crippen LogP contribution in [-0.2, 0) is 22.3 Å². The number of nitrogens with one attached hydrogen (secondary N) is 2. The SMILES string of the molecule is CC(C)NS(=O)(=O)Cc1ccc(CNC(=O)c2cc3cc(F)ccc3s2)cc1. The molecule has 0 saturated carbocycles. The van der Waals surface area contributed by atoms with Crippen molar-refractivity contribution in [1.82, 2.24) is 10.0 Å². The number of rotatable bonds is 7. The summed E-state index contributed by atoms with van der Waals surface area (Å²) in [5, 5.41) is 3.54. The van der Waals surface area contributed by atoms with Crippen LogP contribution in [0.25, 0.3) is 10.1 Å². The van der Waals surface area contributed by atoms with Gasteiger partial charge in [0.15, 0.2) is 0 Å². The molecule has 3 aromatic rings. The van der Waals surface area contributed by atoms with Gasteiger partial charge in [-0.1, -0.05) is 24.3 Å². The first kappa shape index (κ1) is 20.4. The van der Waals surface area contributed by atoms with Crippen LogP contribution in [0, 0.1) is 5.82 Å². The van der Waals surface area contributed by atoms with Gasteiger partial charge in [-0.25, -0.2) is 17.5 Å². The Labute approximate surface area is 167 Å². The molecule has 2 N–H and O–H groups in total. The Bertz CT molecular complexity index is 1090. The van der Waals surface area contributed by atoms with Gasteiger partial charge in [-0.15, -0.1) is 11.3 Å². The monoisotopic (exact) mass is 420 g/mol. The molecule has 148 valence electrons. The number of amides is 1. The molecule has 8 heteroatoms. The third-order valence-corrected chi connectivity index (χ3v) is 6.61. The summed E-state index contributed by atoms with van der Waals surface area (Å²) in [5.74, 6) is -0.645. The molecule has 5 nitrogen and oxygen atoms in total. The van der Waals surface area contributed by atoms with Gasteiger partial charge in [-0.3, -0.25) is 4.79 Å². The quantitative estimate of drug-likeness (QED) is 0.611. The topological polar surface area (TPSA) is 75.3 Å². The number of fused-ring (bicyclic) bond motifs is 1. The summed E-state index contributed by atoms with van der Waals surface area (Å²) in [6.45, 7) is 3.87. The van der Waals surface area contributed by atoms with Crippen LogP contribution in [0.15, 0.2) is 48.5 Å². The fraction of sp³-hybridized carbons (Fsp3) is 0.250. The van der Waals surface area contributed by atoms with Crippen LogP contribution in [0.4, 0.5) is 4.39 Å². The van der Waals surface area contributed by atoms with Crippen molar-refractivity contribution in [1.29, 1.82) is 0 Å². The Balaban J connectivity index is 1.60. The van der Waals surface area contributed by atoms with Crippen molar-refractivity contribution < 1.29 is 17.6 Å². The van der Waals surface area contributed by atoms with Crippen LogP contribution in [0.3, 0.4) is 0 Å². The van der Waals surface area contributed by atoms with E-state index in [4.69, 9.17) is 0 Å². The Hall–Kier alpha value is -2.29. The van der Waals surface area contributed by atoms with Gasteiger partial charge in [0, 0.05) is 17.3 Å². The van der Waals surface area contributed by atoms with Crippen molar-refractivity contribution in [3.05, 3.63) is 70.4 Å². The maximum atomic E-state index is 13.3. The van der Waals surface area contributed by atoms with E-state index in [9.17, 15) is 17.6 Å². The van der Waals surface area contributed by atoms with Crippen molar-refractivity contribution >= 4 is 37.4 Å². The molecule has 0 aliphatic carbocycles. The number of sulfonamides is 1. The lowest BCUT2D eigenvalue weighted by Crippen LogP contribution is -2.31. The van der Waals surface area contributed by atoms with Crippen LogP contribution < -0.4 is 10.0 Å². The van der Waals surface area contributed by atoms with Crippen LogP contribution in [0.1, 0.15) is 34.6 Å². The minimum absolute atomic E-state index is 0.0871. The van der Waals surface area contributed by atoms with E-state index in [0.717, 1.165) is 10.3 Å². The van der Waals surface area contributed by atoms with Crippen molar-refractivity contribution in [2.45, 2.75) is 32.2 Å². The molecule has 2 aromatic carbocycles. The highest BCUT2D eigenvalue weighted by Crippen LogP contribution is 2.26. The lowest BCUT2D eigenvalue weighted by atomic mass is 10.1. The Morgan fingerprint density at radius 2 is 1.75 bits per heavy atom. The molecule has 0 atom stereocenters. The molecule has 0 radical (unpaired) electrons. The molecule has 1 heterocycles. The van der Waals surface area contributed by atoms with Gasteiger partial charge in [0.1, 0.15) is 5.82 Å². The summed E-state index contributed by atoms with van der Waals surface area (Å²) in [7, 11) is -3.37. The normalized spacial score (nSPS) is 11.9. The highest BCUT2D eigenvalue weighted by molar-refractivity contribution is 7.88. The second-order valence-electron chi connectivity index (χ2n) is 6.82. The van der Waals surface area contributed by atoms with Crippen LogP contribution in [-0.4, -0.2) is 20.4 Å². The van der Waals surface area contributed by atoms with E-state index in [-0.39, 0.29) is 23.5 Å². The standard InChI is InChI=1S/C20H21FN2O3S2/c1-13(2)23-28(25,26)12-15-5-3-14(4-6-15)11-22-20(24)19-10-16-9-17(21)7-8-18(16)27-19/h3-10,13,23H,11-12H2,1-2H3,(H,22,24). The van der Waals surface area contributed by atoms with Gasteiger partial charge in [0.25, 0.3) is 5.91 Å². The predicted molar refractivity (Wildman–Crippen MR) is 110 cm³/mol. The second kappa shape index (κ2) is 8.38. The van der Waals surface area contributed by atoms with Gasteiger partial charge in [0.2, 0.25) is 10.0 Å². The summed E-state index contributed by atoms with van der Waals surface area (Å²) in [4.78, 5) is 12.9. The first-order chi connectivity index (χ1) is 13.2. The number of hydrogen-bond donors (Lipinski definition) is 2. The second-order valence-corrected chi connectivity index (χ2v) is 9.66. The molecule has 0 aliphatic heterocycles. The molecule has 0 fully saturated rings. The molecular formula is C20H21FN2O3S2. The maximum Gasteiger partial charge on any atom is 0.261 e. The van der Waals surface area contributed by atoms with E-state index in [0.29, 0.717) is 22.4 Å². The van der Waals surface area contributed by atoms with Crippen LogP contribution in [0.2, 0.25) is 0 Å². The molecular weight excluding hydrogens is 399 g/mol. The predicted octanol–water partition coefficient (Wildman–Crippen LogP) is 3.80. The summed E-state index contributed by atoms with van der Waals surface area (Å²) in [6.07, 6.45) is 0. The fourth-order valence-electron chi connectivity index (χ4n) is 2.77. The molecule has 1 aromatic heterocycles. The van der Waals surface area contributed by atoms with Gasteiger partial charge in [0.05, 0.1) is 10.6 Å². The molecule has 28 heavy (non-hydrogen) atoms. The van der Waals surface area contributed by atoms with E-state index in [1.165, 1.54) is 23.5 Å². The molecule has 0 aliphatic rings. The van der Waals surface area contributed by atoms with E-state index < -0.39 is 10.0 Å². The largest absolute Gasteiger partial charge is 0.347 e. The number of hydrogen-bond acceptors (Lipinski definition) is 4. The van der Waals surface area contributed by atoms with Gasteiger partial charge >= 0.3 is 0 Å². The number of thiophene rings is 1. The number of carbonyl (C=O) groups excluding carboxylic acids is 1. The lowest BCUT2D eigenvalue weighted by Gasteiger charge is -2.10. The first-order valence-corrected chi connectivity index (χ1v) is 11.2. The van der Waals surface area contributed by atoms with Gasteiger partial charge < -0.3 is 5.32 Å². The minimum Gasteiger partial charge on any atom is -0.347 e. The van der Waals surface area contributed by atoms with Crippen molar-refractivity contribution in [3.8, 4) is 0 Å². The Morgan fingerprint density at radius 3 is 2.43 bits per heavy atom. The summed E-state index contributed by atoms with van der Waals surface area (Å²) in [6, 6.07) is 13.0. The Morgan fingerprint density at radius 1 is 1.07 bits per heavy atom. The molecule has 1 amide bonds. The van der Waals surface area contributed by atoms with E-state index in [1.807, 2.05) is 0 Å². The fourth-order valence-corrected chi connectivity index (χ4v) is 5.16. The van der Waals surface area contributed by atoms with Crippen molar-refractivity contribution in [2.24, 2.45) is 0 Å². The number of benzene rings is 2. The smallest absolute Gasteiger partial charge is 0.261 e. The van der Waals surface area contributed by atoms with E-state index in [2.05, 4.69) is 10.0 Å². The first-order valence-electron chi connectivity index (χ1n) is 8.77.